The Kier molecular flexibility index (Phi) is 8.13. The molecule has 1 fully saturated rings. The Balaban J connectivity index is 1.96. The molecule has 2 aromatic rings. The standard InChI is InChI=1S/C24H29N3O6/c1-15(2)23(33-14-16-9-5-3-6-10-16)19-21(24(30)25-13-18(28)29)26-20(22(19)27(31)32)17-11-7-4-8-12-17/h3-12,15,19-23,26H,13-14H2,1-2H3,(H,25,30)(H,28,29)/t19?,20?,21?,22?,23-/m0/s1. The number of carboxylic acids is 1. The van der Waals surface area contributed by atoms with Crippen molar-refractivity contribution < 1.29 is 24.4 Å². The number of aliphatic carboxylic acids is 1. The molecule has 0 aliphatic carbocycles. The maximum Gasteiger partial charge on any atom is 0.322 e. The zero-order chi connectivity index (χ0) is 24.0. The van der Waals surface area contributed by atoms with Gasteiger partial charge in [-0.2, -0.15) is 0 Å². The van der Waals surface area contributed by atoms with Crippen molar-refractivity contribution in [2.24, 2.45) is 11.8 Å². The zero-order valence-electron chi connectivity index (χ0n) is 18.6. The van der Waals surface area contributed by atoms with E-state index in [0.717, 1.165) is 5.56 Å². The lowest BCUT2D eigenvalue weighted by atomic mass is 9.82. The molecule has 0 aromatic heterocycles. The molecule has 1 aliphatic heterocycles. The van der Waals surface area contributed by atoms with Gasteiger partial charge in [-0.15, -0.1) is 0 Å². The molecule has 3 N–H and O–H groups in total. The normalized spacial score (nSPS) is 23.2. The van der Waals surface area contributed by atoms with Crippen LogP contribution in [0.25, 0.3) is 0 Å². The van der Waals surface area contributed by atoms with E-state index >= 15 is 0 Å². The van der Waals surface area contributed by atoms with Crippen molar-refractivity contribution in [1.29, 1.82) is 0 Å². The van der Waals surface area contributed by atoms with E-state index in [1.54, 1.807) is 24.3 Å². The predicted octanol–water partition coefficient (Wildman–Crippen LogP) is 2.40. The molecule has 0 radical (unpaired) electrons. The first-order valence-corrected chi connectivity index (χ1v) is 10.9. The molecule has 176 valence electrons. The van der Waals surface area contributed by atoms with Gasteiger partial charge in [0.05, 0.1) is 24.7 Å². The number of hydrogen-bond acceptors (Lipinski definition) is 6. The van der Waals surface area contributed by atoms with Crippen LogP contribution in [0, 0.1) is 22.0 Å². The molecule has 0 spiro atoms. The molecule has 3 rings (SSSR count). The molecule has 5 atom stereocenters. The maximum atomic E-state index is 13.0. The molecule has 4 unspecified atom stereocenters. The number of carboxylic acid groups (broad SMARTS) is 1. The van der Waals surface area contributed by atoms with E-state index in [-0.39, 0.29) is 17.4 Å². The average Bonchev–Trinajstić information content (AvgIpc) is 3.19. The number of carbonyl (C=O) groups is 2. The topological polar surface area (TPSA) is 131 Å². The molecule has 9 nitrogen and oxygen atoms in total. The lowest BCUT2D eigenvalue weighted by molar-refractivity contribution is -0.535. The van der Waals surface area contributed by atoms with Crippen LogP contribution in [0.3, 0.4) is 0 Å². The molecule has 0 bridgehead atoms. The summed E-state index contributed by atoms with van der Waals surface area (Å²) in [5.41, 5.74) is 1.60. The van der Waals surface area contributed by atoms with Gasteiger partial charge in [0.15, 0.2) is 0 Å². The number of hydrogen-bond donors (Lipinski definition) is 3. The fourth-order valence-corrected chi connectivity index (χ4v) is 4.46. The highest BCUT2D eigenvalue weighted by atomic mass is 16.6. The summed E-state index contributed by atoms with van der Waals surface area (Å²) >= 11 is 0. The quantitative estimate of drug-likeness (QED) is 0.370. The van der Waals surface area contributed by atoms with E-state index in [1.807, 2.05) is 50.2 Å². The first-order valence-electron chi connectivity index (χ1n) is 10.9. The minimum absolute atomic E-state index is 0.132. The van der Waals surface area contributed by atoms with E-state index in [2.05, 4.69) is 10.6 Å². The lowest BCUT2D eigenvalue weighted by Gasteiger charge is -2.31. The molecule has 33 heavy (non-hydrogen) atoms. The van der Waals surface area contributed by atoms with E-state index in [9.17, 15) is 19.7 Å². The van der Waals surface area contributed by atoms with Gasteiger partial charge in [-0.25, -0.2) is 0 Å². The maximum absolute atomic E-state index is 13.0. The summed E-state index contributed by atoms with van der Waals surface area (Å²) in [4.78, 5) is 35.9. The van der Waals surface area contributed by atoms with Crippen molar-refractivity contribution in [2.75, 3.05) is 6.54 Å². The van der Waals surface area contributed by atoms with Crippen molar-refractivity contribution in [2.45, 2.75) is 44.7 Å². The Labute approximate surface area is 192 Å². The second-order valence-electron chi connectivity index (χ2n) is 8.50. The monoisotopic (exact) mass is 455 g/mol. The van der Waals surface area contributed by atoms with Crippen molar-refractivity contribution in [3.63, 3.8) is 0 Å². The summed E-state index contributed by atoms with van der Waals surface area (Å²) in [5, 5.41) is 26.8. The average molecular weight is 456 g/mol. The Hall–Kier alpha value is -3.30. The van der Waals surface area contributed by atoms with Gasteiger partial charge in [0.2, 0.25) is 11.9 Å². The third kappa shape index (κ3) is 5.94. The largest absolute Gasteiger partial charge is 0.480 e. The summed E-state index contributed by atoms with van der Waals surface area (Å²) in [7, 11) is 0. The number of nitrogens with zero attached hydrogens (tertiary/aromatic N) is 1. The highest BCUT2D eigenvalue weighted by molar-refractivity contribution is 5.86. The van der Waals surface area contributed by atoms with Crippen molar-refractivity contribution in [1.82, 2.24) is 10.6 Å². The first kappa shape index (κ1) is 24.3. The molecule has 1 heterocycles. The Bertz CT molecular complexity index is 953. The molecule has 1 amide bonds. The summed E-state index contributed by atoms with van der Waals surface area (Å²) in [6.45, 7) is 3.47. The first-order chi connectivity index (χ1) is 15.8. The van der Waals surface area contributed by atoms with Crippen molar-refractivity contribution >= 4 is 11.9 Å². The number of amides is 1. The SMILES string of the molecule is CC(C)[C@H](OCc1ccccc1)C1C(C(=O)NCC(=O)O)NC(c2ccccc2)C1[N+](=O)[O-]. The molecule has 2 aromatic carbocycles. The van der Waals surface area contributed by atoms with Gasteiger partial charge >= 0.3 is 5.97 Å². The van der Waals surface area contributed by atoms with E-state index in [4.69, 9.17) is 9.84 Å². The van der Waals surface area contributed by atoms with Gasteiger partial charge in [0, 0.05) is 4.92 Å². The zero-order valence-corrected chi connectivity index (χ0v) is 18.6. The number of ether oxygens (including phenoxy) is 1. The molecule has 1 aliphatic rings. The molecular weight excluding hydrogens is 426 g/mol. The number of benzene rings is 2. The highest BCUT2D eigenvalue weighted by Crippen LogP contribution is 2.39. The van der Waals surface area contributed by atoms with Crippen LogP contribution in [0.15, 0.2) is 60.7 Å². The number of nitrogens with one attached hydrogen (secondary N) is 2. The highest BCUT2D eigenvalue weighted by Gasteiger charge is 2.57. The van der Waals surface area contributed by atoms with Gasteiger partial charge in [-0.3, -0.25) is 25.0 Å². The number of nitro groups is 1. The molecule has 9 heteroatoms. The lowest BCUT2D eigenvalue weighted by Crippen LogP contribution is -2.51. The van der Waals surface area contributed by atoms with Gasteiger partial charge < -0.3 is 15.2 Å². The third-order valence-electron chi connectivity index (χ3n) is 5.90. The summed E-state index contributed by atoms with van der Waals surface area (Å²) in [6.07, 6.45) is -0.623. The smallest absolute Gasteiger partial charge is 0.322 e. The summed E-state index contributed by atoms with van der Waals surface area (Å²) in [6, 6.07) is 15.5. The van der Waals surface area contributed by atoms with Crippen LogP contribution in [0.4, 0.5) is 0 Å². The Morgan fingerprint density at radius 2 is 1.73 bits per heavy atom. The minimum Gasteiger partial charge on any atom is -0.480 e. The summed E-state index contributed by atoms with van der Waals surface area (Å²) < 4.78 is 6.20. The van der Waals surface area contributed by atoms with Gasteiger partial charge in [0.1, 0.15) is 12.6 Å². The predicted molar refractivity (Wildman–Crippen MR) is 121 cm³/mol. The Morgan fingerprint density at radius 3 is 2.27 bits per heavy atom. The van der Waals surface area contributed by atoms with Crippen LogP contribution < -0.4 is 10.6 Å². The van der Waals surface area contributed by atoms with E-state index in [0.29, 0.717) is 5.56 Å². The van der Waals surface area contributed by atoms with Gasteiger partial charge in [0.25, 0.3) is 0 Å². The third-order valence-corrected chi connectivity index (χ3v) is 5.90. The van der Waals surface area contributed by atoms with Crippen LogP contribution in [-0.4, -0.2) is 46.6 Å². The van der Waals surface area contributed by atoms with Crippen molar-refractivity contribution in [3.8, 4) is 0 Å². The van der Waals surface area contributed by atoms with E-state index in [1.165, 1.54) is 0 Å². The van der Waals surface area contributed by atoms with Gasteiger partial charge in [-0.05, 0) is 17.0 Å². The van der Waals surface area contributed by atoms with Crippen molar-refractivity contribution in [3.05, 3.63) is 81.9 Å². The number of rotatable bonds is 10. The molecule has 1 saturated heterocycles. The van der Waals surface area contributed by atoms with Crippen LogP contribution in [0.2, 0.25) is 0 Å². The molecule has 0 saturated carbocycles. The minimum atomic E-state index is -1.19. The molecular formula is C24H29N3O6. The second kappa shape index (κ2) is 11.0. The number of carbonyl (C=O) groups excluding carboxylic acids is 1. The van der Waals surface area contributed by atoms with Crippen LogP contribution >= 0.6 is 0 Å². The van der Waals surface area contributed by atoms with E-state index < -0.39 is 48.6 Å². The fourth-order valence-electron chi connectivity index (χ4n) is 4.46. The fraction of sp³-hybridized carbons (Fsp3) is 0.417. The Morgan fingerprint density at radius 1 is 1.12 bits per heavy atom. The van der Waals surface area contributed by atoms with Crippen LogP contribution in [0.1, 0.15) is 31.0 Å². The second-order valence-corrected chi connectivity index (χ2v) is 8.50. The van der Waals surface area contributed by atoms with Crippen LogP contribution in [0.5, 0.6) is 0 Å². The van der Waals surface area contributed by atoms with Gasteiger partial charge in [-0.1, -0.05) is 74.5 Å². The van der Waals surface area contributed by atoms with Crippen LogP contribution in [-0.2, 0) is 20.9 Å². The summed E-state index contributed by atoms with van der Waals surface area (Å²) in [5.74, 6) is -2.74.